The van der Waals surface area contributed by atoms with E-state index in [1.165, 1.54) is 22.4 Å². The molecule has 3 rings (SSSR count). The maximum atomic E-state index is 5.42. The second-order valence-electron chi connectivity index (χ2n) is 6.17. The van der Waals surface area contributed by atoms with Gasteiger partial charge in [0.25, 0.3) is 0 Å². The van der Waals surface area contributed by atoms with Gasteiger partial charge < -0.3 is 9.30 Å². The van der Waals surface area contributed by atoms with E-state index in [0.717, 1.165) is 39.0 Å². The largest absolute Gasteiger partial charge is 0.381 e. The van der Waals surface area contributed by atoms with Gasteiger partial charge in [0.15, 0.2) is 0 Å². The van der Waals surface area contributed by atoms with Gasteiger partial charge in [0, 0.05) is 31.9 Å². The van der Waals surface area contributed by atoms with Crippen LogP contribution in [0.1, 0.15) is 41.1 Å². The summed E-state index contributed by atoms with van der Waals surface area (Å²) < 4.78 is 7.65. The van der Waals surface area contributed by atoms with Crippen molar-refractivity contribution < 1.29 is 4.74 Å². The topological polar surface area (TPSA) is 27.1 Å². The van der Waals surface area contributed by atoms with Gasteiger partial charge in [-0.25, -0.2) is 4.98 Å². The number of hydrogen-bond donors (Lipinski definition) is 0. The SMILES string of the molecule is Cc1cc(C)cc(CCn2cnc(C3CCOCC3)c2)c1. The van der Waals surface area contributed by atoms with Gasteiger partial charge in [-0.05, 0) is 38.7 Å². The minimum Gasteiger partial charge on any atom is -0.381 e. The van der Waals surface area contributed by atoms with Crippen LogP contribution < -0.4 is 0 Å². The van der Waals surface area contributed by atoms with Crippen LogP contribution in [0.5, 0.6) is 0 Å². The Morgan fingerprint density at radius 1 is 1.14 bits per heavy atom. The van der Waals surface area contributed by atoms with Gasteiger partial charge in [-0.3, -0.25) is 0 Å². The van der Waals surface area contributed by atoms with Crippen LogP contribution in [0.25, 0.3) is 0 Å². The van der Waals surface area contributed by atoms with Crippen LogP contribution in [0.15, 0.2) is 30.7 Å². The lowest BCUT2D eigenvalue weighted by Crippen LogP contribution is -2.14. The summed E-state index contributed by atoms with van der Waals surface area (Å²) in [7, 11) is 0. The normalized spacial score (nSPS) is 16.3. The third kappa shape index (κ3) is 3.73. The van der Waals surface area contributed by atoms with Crippen LogP contribution in [0.2, 0.25) is 0 Å². The van der Waals surface area contributed by atoms with Crippen molar-refractivity contribution in [2.75, 3.05) is 13.2 Å². The van der Waals surface area contributed by atoms with Crippen molar-refractivity contribution in [2.45, 2.75) is 45.6 Å². The van der Waals surface area contributed by atoms with E-state index in [0.29, 0.717) is 5.92 Å². The number of hydrogen-bond acceptors (Lipinski definition) is 2. The first-order valence-electron chi connectivity index (χ1n) is 7.87. The Bertz CT molecular complexity index is 577. The average molecular weight is 284 g/mol. The molecule has 2 heterocycles. The van der Waals surface area contributed by atoms with Gasteiger partial charge in [0.1, 0.15) is 0 Å². The standard InChI is InChI=1S/C18H24N2O/c1-14-9-15(2)11-16(10-14)3-6-20-12-18(19-13-20)17-4-7-21-8-5-17/h9-13,17H,3-8H2,1-2H3. The van der Waals surface area contributed by atoms with E-state index in [1.807, 2.05) is 6.33 Å². The molecule has 112 valence electrons. The molecule has 3 nitrogen and oxygen atoms in total. The molecule has 0 unspecified atom stereocenters. The van der Waals surface area contributed by atoms with E-state index in [1.54, 1.807) is 0 Å². The zero-order valence-corrected chi connectivity index (χ0v) is 13.0. The Hall–Kier alpha value is -1.61. The zero-order valence-electron chi connectivity index (χ0n) is 13.0. The molecule has 0 spiro atoms. The lowest BCUT2D eigenvalue weighted by molar-refractivity contribution is 0.0845. The molecule has 0 aliphatic carbocycles. The number of imidazole rings is 1. The monoisotopic (exact) mass is 284 g/mol. The predicted molar refractivity (Wildman–Crippen MR) is 84.6 cm³/mol. The fourth-order valence-electron chi connectivity index (χ4n) is 3.18. The molecule has 1 aromatic carbocycles. The molecule has 1 aliphatic rings. The predicted octanol–water partition coefficient (Wildman–Crippen LogP) is 3.64. The van der Waals surface area contributed by atoms with Crippen molar-refractivity contribution in [3.8, 4) is 0 Å². The summed E-state index contributed by atoms with van der Waals surface area (Å²) in [5.41, 5.74) is 5.34. The van der Waals surface area contributed by atoms with Crippen molar-refractivity contribution >= 4 is 0 Å². The van der Waals surface area contributed by atoms with E-state index in [4.69, 9.17) is 4.74 Å². The maximum absolute atomic E-state index is 5.42. The number of aromatic nitrogens is 2. The Kier molecular flexibility index (Phi) is 4.39. The van der Waals surface area contributed by atoms with Gasteiger partial charge in [-0.2, -0.15) is 0 Å². The fraction of sp³-hybridized carbons (Fsp3) is 0.500. The van der Waals surface area contributed by atoms with E-state index >= 15 is 0 Å². The van der Waals surface area contributed by atoms with Crippen LogP contribution in [0.3, 0.4) is 0 Å². The number of rotatable bonds is 4. The molecule has 1 fully saturated rings. The summed E-state index contributed by atoms with van der Waals surface area (Å²) in [6.45, 7) is 7.08. The highest BCUT2D eigenvalue weighted by molar-refractivity contribution is 5.28. The summed E-state index contributed by atoms with van der Waals surface area (Å²) in [6, 6.07) is 6.79. The summed E-state index contributed by atoms with van der Waals surface area (Å²) >= 11 is 0. The Labute approximate surface area is 127 Å². The van der Waals surface area contributed by atoms with Crippen molar-refractivity contribution in [1.82, 2.24) is 9.55 Å². The van der Waals surface area contributed by atoms with Crippen molar-refractivity contribution in [3.05, 3.63) is 53.1 Å². The molecule has 0 atom stereocenters. The molecule has 0 amide bonds. The highest BCUT2D eigenvalue weighted by atomic mass is 16.5. The lowest BCUT2D eigenvalue weighted by Gasteiger charge is -2.19. The first-order chi connectivity index (χ1) is 10.2. The van der Waals surface area contributed by atoms with Gasteiger partial charge in [-0.15, -0.1) is 0 Å². The quantitative estimate of drug-likeness (QED) is 0.857. The van der Waals surface area contributed by atoms with Crippen LogP contribution >= 0.6 is 0 Å². The van der Waals surface area contributed by atoms with E-state index in [-0.39, 0.29) is 0 Å². The smallest absolute Gasteiger partial charge is 0.0949 e. The van der Waals surface area contributed by atoms with E-state index in [2.05, 4.69) is 47.8 Å². The second kappa shape index (κ2) is 6.44. The van der Waals surface area contributed by atoms with E-state index in [9.17, 15) is 0 Å². The summed E-state index contributed by atoms with van der Waals surface area (Å²) in [4.78, 5) is 4.59. The van der Waals surface area contributed by atoms with Crippen molar-refractivity contribution in [2.24, 2.45) is 0 Å². The van der Waals surface area contributed by atoms with Crippen molar-refractivity contribution in [3.63, 3.8) is 0 Å². The van der Waals surface area contributed by atoms with Gasteiger partial charge in [0.05, 0.1) is 12.0 Å². The molecule has 1 aromatic heterocycles. The minimum atomic E-state index is 0.584. The average Bonchev–Trinajstić information content (AvgIpc) is 2.94. The zero-order chi connectivity index (χ0) is 14.7. The molecule has 2 aromatic rings. The fourth-order valence-corrected chi connectivity index (χ4v) is 3.18. The molecule has 0 N–H and O–H groups in total. The molecule has 3 heteroatoms. The third-order valence-corrected chi connectivity index (χ3v) is 4.23. The van der Waals surface area contributed by atoms with Gasteiger partial charge >= 0.3 is 0 Å². The minimum absolute atomic E-state index is 0.584. The van der Waals surface area contributed by atoms with Crippen LogP contribution in [0.4, 0.5) is 0 Å². The van der Waals surface area contributed by atoms with Gasteiger partial charge in [0.2, 0.25) is 0 Å². The number of aryl methyl sites for hydroxylation is 4. The van der Waals surface area contributed by atoms with E-state index < -0.39 is 0 Å². The molecule has 0 saturated carbocycles. The molecule has 21 heavy (non-hydrogen) atoms. The van der Waals surface area contributed by atoms with Gasteiger partial charge in [-0.1, -0.05) is 29.3 Å². The number of nitrogens with zero attached hydrogens (tertiary/aromatic N) is 2. The molecule has 0 bridgehead atoms. The Morgan fingerprint density at radius 2 is 1.86 bits per heavy atom. The molecule has 1 aliphatic heterocycles. The number of benzene rings is 1. The Balaban J connectivity index is 1.61. The summed E-state index contributed by atoms with van der Waals surface area (Å²) in [6.07, 6.45) is 7.47. The third-order valence-electron chi connectivity index (χ3n) is 4.23. The molecule has 0 radical (unpaired) electrons. The molecular formula is C18H24N2O. The van der Waals surface area contributed by atoms with Crippen LogP contribution in [0, 0.1) is 13.8 Å². The number of ether oxygens (including phenoxy) is 1. The first kappa shape index (κ1) is 14.3. The molecular weight excluding hydrogens is 260 g/mol. The lowest BCUT2D eigenvalue weighted by atomic mass is 9.97. The van der Waals surface area contributed by atoms with Crippen LogP contribution in [-0.4, -0.2) is 22.8 Å². The second-order valence-corrected chi connectivity index (χ2v) is 6.17. The first-order valence-corrected chi connectivity index (χ1v) is 7.87. The highest BCUT2D eigenvalue weighted by Gasteiger charge is 2.17. The summed E-state index contributed by atoms with van der Waals surface area (Å²) in [5.74, 6) is 0.584. The Morgan fingerprint density at radius 3 is 2.57 bits per heavy atom. The highest BCUT2D eigenvalue weighted by Crippen LogP contribution is 2.25. The summed E-state index contributed by atoms with van der Waals surface area (Å²) in [5, 5.41) is 0. The molecule has 1 saturated heterocycles. The maximum Gasteiger partial charge on any atom is 0.0949 e. The van der Waals surface area contributed by atoms with Crippen LogP contribution in [-0.2, 0) is 17.7 Å². The van der Waals surface area contributed by atoms with Crippen molar-refractivity contribution in [1.29, 1.82) is 0 Å².